The summed E-state index contributed by atoms with van der Waals surface area (Å²) >= 11 is 3.43. The molecule has 6 rings (SSSR count). The van der Waals surface area contributed by atoms with E-state index in [0.717, 1.165) is 37.3 Å². The van der Waals surface area contributed by atoms with E-state index in [0.29, 0.717) is 0 Å². The number of carbonyl (C=O) groups excluding carboxylic acids is 4. The number of hydrogen-bond donors (Lipinski definition) is 2. The van der Waals surface area contributed by atoms with Crippen LogP contribution in [-0.2, 0) is 27.9 Å². The predicted octanol–water partition coefficient (Wildman–Crippen LogP) is 15.4. The molecule has 0 radical (unpaired) electrons. The Morgan fingerprint density at radius 2 is 1.03 bits per heavy atom. The van der Waals surface area contributed by atoms with E-state index in [1.807, 2.05) is 107 Å². The minimum atomic E-state index is -2.16. The highest BCUT2D eigenvalue weighted by Gasteiger charge is 2.49. The van der Waals surface area contributed by atoms with Crippen LogP contribution in [0, 0.1) is 22.7 Å². The van der Waals surface area contributed by atoms with Gasteiger partial charge in [0, 0.05) is 4.47 Å². The number of fused-ring (bicyclic) bond motifs is 2. The van der Waals surface area contributed by atoms with E-state index >= 15 is 0 Å². The number of cyclic esters (lactones) is 2. The first-order chi connectivity index (χ1) is 34.5. The lowest BCUT2D eigenvalue weighted by Gasteiger charge is -2.39. The molecule has 4 amide bonds. The number of benzene rings is 4. The van der Waals surface area contributed by atoms with Gasteiger partial charge in [0.1, 0.15) is 13.2 Å². The second kappa shape index (κ2) is 26.0. The quantitative estimate of drug-likeness (QED) is 0.0869. The third kappa shape index (κ3) is 16.1. The van der Waals surface area contributed by atoms with Crippen molar-refractivity contribution < 1.29 is 47.7 Å². The van der Waals surface area contributed by atoms with Crippen molar-refractivity contribution in [3.63, 3.8) is 0 Å². The summed E-state index contributed by atoms with van der Waals surface area (Å²) < 4.78 is 24.2. The van der Waals surface area contributed by atoms with Crippen molar-refractivity contribution in [3.05, 3.63) is 113 Å². The summed E-state index contributed by atoms with van der Waals surface area (Å²) in [5.41, 5.74) is 0.708. The fourth-order valence-electron chi connectivity index (χ4n) is 7.78. The molecule has 2 N–H and O–H groups in total. The average Bonchev–Trinajstić information content (AvgIpc) is 3.92. The van der Waals surface area contributed by atoms with Crippen molar-refractivity contribution >= 4 is 84.2 Å². The summed E-state index contributed by atoms with van der Waals surface area (Å²) in [7, 11) is -4.17. The van der Waals surface area contributed by atoms with Crippen LogP contribution in [0.1, 0.15) is 133 Å². The van der Waals surface area contributed by atoms with Gasteiger partial charge in [-0.1, -0.05) is 153 Å². The first-order valence-electron chi connectivity index (χ1n) is 26.2. The van der Waals surface area contributed by atoms with Gasteiger partial charge in [-0.25, -0.2) is 19.4 Å². The molecule has 12 nitrogen and oxygen atoms in total. The first kappa shape index (κ1) is 65.8. The molecule has 0 aliphatic carbocycles. The third-order valence-electron chi connectivity index (χ3n) is 15.6. The molecule has 2 fully saturated rings. The number of ether oxygens (including phenoxy) is 2. The molecule has 2 heterocycles. The van der Waals surface area contributed by atoms with E-state index < -0.39 is 51.9 Å². The lowest BCUT2D eigenvalue weighted by atomic mass is 9.87. The average molecular weight is 1150 g/mol. The normalized spacial score (nSPS) is 18.7. The SMILES string of the molecule is C.C=C[C@](C)(CO[Si](C)(C)C(C)(C)C)C(=O)N1C(=O)OC[C@H]1C(C)C.CC(C)[C@@H]1COC(=O)N1C(=O)[C@](C)(/C=C/c1ccc2ccc([C@@H](C)O)cc2c1)CO[Si](C)(C)C(C)(C)C.C[C@@H](O)c1ccc2ccc(Br)cc2c1. The van der Waals surface area contributed by atoms with E-state index in [2.05, 4.69) is 102 Å². The van der Waals surface area contributed by atoms with E-state index in [1.54, 1.807) is 26.8 Å². The zero-order valence-electron chi connectivity index (χ0n) is 48.1. The smallest absolute Gasteiger partial charge is 0.417 e. The van der Waals surface area contributed by atoms with Crippen LogP contribution >= 0.6 is 15.9 Å². The Labute approximate surface area is 466 Å². The number of imide groups is 2. The zero-order chi connectivity index (χ0) is 56.8. The highest BCUT2D eigenvalue weighted by Crippen LogP contribution is 2.41. The van der Waals surface area contributed by atoms with Gasteiger partial charge in [0.15, 0.2) is 16.6 Å². The number of halogens is 1. The summed E-state index contributed by atoms with van der Waals surface area (Å²) in [5, 5.41) is 23.9. The van der Waals surface area contributed by atoms with E-state index in [-0.39, 0.29) is 79.7 Å². The molecule has 6 atom stereocenters. The van der Waals surface area contributed by atoms with Crippen molar-refractivity contribution in [2.24, 2.45) is 22.7 Å². The van der Waals surface area contributed by atoms with Crippen LogP contribution in [-0.4, -0.2) is 99.2 Å². The summed E-state index contributed by atoms with van der Waals surface area (Å²) in [5.74, 6) is -0.387. The van der Waals surface area contributed by atoms with Gasteiger partial charge in [-0.2, -0.15) is 0 Å². The molecule has 0 unspecified atom stereocenters. The van der Waals surface area contributed by atoms with Crippen LogP contribution in [0.5, 0.6) is 0 Å². The molecular formula is C61H91BrN2O10Si2. The Kier molecular flexibility index (Phi) is 22.5. The van der Waals surface area contributed by atoms with Crippen LogP contribution in [0.15, 0.2) is 96.0 Å². The van der Waals surface area contributed by atoms with E-state index in [9.17, 15) is 29.4 Å². The summed E-state index contributed by atoms with van der Waals surface area (Å²) in [4.78, 5) is 54.3. The molecule has 2 saturated heterocycles. The van der Waals surface area contributed by atoms with Crippen molar-refractivity contribution in [1.29, 1.82) is 0 Å². The number of amides is 4. The highest BCUT2D eigenvalue weighted by molar-refractivity contribution is 9.10. The van der Waals surface area contributed by atoms with Crippen LogP contribution in [0.2, 0.25) is 36.3 Å². The zero-order valence-corrected chi connectivity index (χ0v) is 51.7. The maximum Gasteiger partial charge on any atom is 0.417 e. The molecule has 2 aliphatic rings. The maximum absolute atomic E-state index is 14.0. The Hall–Kier alpha value is -4.49. The number of rotatable bonds is 15. The van der Waals surface area contributed by atoms with Crippen LogP contribution in [0.25, 0.3) is 27.6 Å². The lowest BCUT2D eigenvalue weighted by molar-refractivity contribution is -0.139. The fourth-order valence-corrected chi connectivity index (χ4v) is 10.3. The van der Waals surface area contributed by atoms with Crippen molar-refractivity contribution in [2.75, 3.05) is 26.4 Å². The van der Waals surface area contributed by atoms with Crippen molar-refractivity contribution in [3.8, 4) is 0 Å². The first-order valence-corrected chi connectivity index (χ1v) is 32.8. The highest BCUT2D eigenvalue weighted by atomic mass is 79.9. The monoisotopic (exact) mass is 1150 g/mol. The Bertz CT molecular complexity index is 2710. The molecule has 420 valence electrons. The summed E-state index contributed by atoms with van der Waals surface area (Å²) in [6, 6.07) is 23.6. The van der Waals surface area contributed by atoms with Crippen LogP contribution in [0.3, 0.4) is 0 Å². The second-order valence-corrected chi connectivity index (χ2v) is 35.1. The molecule has 0 spiro atoms. The molecule has 4 aromatic rings. The molecule has 0 bridgehead atoms. The van der Waals surface area contributed by atoms with Crippen LogP contribution < -0.4 is 0 Å². The van der Waals surface area contributed by atoms with E-state index in [1.165, 1.54) is 15.2 Å². The Morgan fingerprint density at radius 3 is 1.42 bits per heavy atom. The molecule has 0 aromatic heterocycles. The lowest BCUT2D eigenvalue weighted by Crippen LogP contribution is -2.51. The standard InChI is InChI=1S/C30H43NO5Si.C18H33NO4Si.C12H11BrO.CH4/c1-20(2)26-18-35-28(34)31(26)27(33)30(7,19-36-37(8,9)29(4,5)6)15-14-22-10-11-23-12-13-24(21(3)32)17-25(23)16-22;1-10-18(7,12-23-24(8,9)17(4,5)6)15(20)19-14(13(2)3)11-22-16(19)21;1-8(14)10-3-2-9-4-5-12(13)7-11(9)6-10;/h10-17,20-21,26,32H,18-19H2,1-9H3;10,13-14H,1,11-12H2,2-9H3;2-8,14H,1H3;1H4/b15-14+;;;/t21-,26+,30-;14-,18+;8-;/m101./s1. The molecular weight excluding hydrogens is 1060 g/mol. The Morgan fingerprint density at radius 1 is 0.645 bits per heavy atom. The van der Waals surface area contributed by atoms with Gasteiger partial charge in [-0.3, -0.25) is 9.59 Å². The van der Waals surface area contributed by atoms with Gasteiger partial charge in [0.2, 0.25) is 11.8 Å². The van der Waals surface area contributed by atoms with Crippen molar-refractivity contribution in [2.45, 2.75) is 165 Å². The Balaban J connectivity index is 0.000000332. The minimum absolute atomic E-state index is 0. The summed E-state index contributed by atoms with van der Waals surface area (Å²) in [6.07, 6.45) is 3.26. The number of hydrogen-bond acceptors (Lipinski definition) is 10. The topological polar surface area (TPSA) is 152 Å². The second-order valence-electron chi connectivity index (χ2n) is 24.6. The van der Waals surface area contributed by atoms with Crippen molar-refractivity contribution in [1.82, 2.24) is 9.80 Å². The molecule has 76 heavy (non-hydrogen) atoms. The van der Waals surface area contributed by atoms with Crippen LogP contribution in [0.4, 0.5) is 9.59 Å². The predicted molar refractivity (Wildman–Crippen MR) is 319 cm³/mol. The van der Waals surface area contributed by atoms with Gasteiger partial charge >= 0.3 is 12.2 Å². The number of aliphatic hydroxyl groups is 2. The van der Waals surface area contributed by atoms with Gasteiger partial charge in [0.05, 0.1) is 48.3 Å². The van der Waals surface area contributed by atoms with Gasteiger partial charge < -0.3 is 28.5 Å². The maximum atomic E-state index is 14.0. The molecule has 4 aromatic carbocycles. The third-order valence-corrected chi connectivity index (χ3v) is 25.1. The van der Waals surface area contributed by atoms with E-state index in [4.69, 9.17) is 18.3 Å². The van der Waals surface area contributed by atoms with Gasteiger partial charge in [0.25, 0.3) is 0 Å². The molecule has 2 aliphatic heterocycles. The number of carbonyl (C=O) groups is 4. The minimum Gasteiger partial charge on any atom is -0.447 e. The van der Waals surface area contributed by atoms with Gasteiger partial charge in [-0.15, -0.1) is 6.58 Å². The number of aliphatic hydroxyl groups excluding tert-OH is 2. The fraction of sp³-hybridized carbons (Fsp3) is 0.541. The molecule has 0 saturated carbocycles. The van der Waals surface area contributed by atoms with Gasteiger partial charge in [-0.05, 0) is 144 Å². The number of nitrogens with zero attached hydrogens (tertiary/aromatic N) is 2. The molecule has 15 heteroatoms. The summed E-state index contributed by atoms with van der Waals surface area (Å²) in [6.45, 7) is 41.3. The largest absolute Gasteiger partial charge is 0.447 e.